The number of pyridine rings is 1. The minimum absolute atomic E-state index is 0.0610. The number of nitrogens with zero attached hydrogens (tertiary/aromatic N) is 3. The molecular formula is C11H12F3N5O. The number of alkyl halides is 3. The molecule has 2 N–H and O–H groups in total. The molecule has 2 rings (SSSR count). The number of rotatable bonds is 5. The van der Waals surface area contributed by atoms with Crippen LogP contribution in [0.25, 0.3) is 0 Å². The first-order valence-corrected chi connectivity index (χ1v) is 5.70. The molecule has 9 heteroatoms. The number of hydrogen-bond acceptors (Lipinski definition) is 5. The van der Waals surface area contributed by atoms with Crippen molar-refractivity contribution in [1.29, 1.82) is 0 Å². The van der Waals surface area contributed by atoms with Gasteiger partial charge in [-0.25, -0.2) is 0 Å². The number of hydrogen-bond donors (Lipinski definition) is 2. The summed E-state index contributed by atoms with van der Waals surface area (Å²) >= 11 is 0. The van der Waals surface area contributed by atoms with Crippen molar-refractivity contribution in [3.63, 3.8) is 0 Å². The molecule has 0 radical (unpaired) electrons. The van der Waals surface area contributed by atoms with Gasteiger partial charge in [-0.3, -0.25) is 10.1 Å². The topological polar surface area (TPSA) is 75.7 Å². The Morgan fingerprint density at radius 1 is 1.35 bits per heavy atom. The number of ether oxygens (including phenoxy) is 1. The normalized spacial score (nSPS) is 11.4. The maximum Gasteiger partial charge on any atom is 0.405 e. The molecule has 6 nitrogen and oxygen atoms in total. The highest BCUT2D eigenvalue weighted by Gasteiger charge is 2.27. The van der Waals surface area contributed by atoms with E-state index in [1.807, 2.05) is 6.92 Å². The van der Waals surface area contributed by atoms with Crippen molar-refractivity contribution in [1.82, 2.24) is 20.2 Å². The second-order valence-corrected chi connectivity index (χ2v) is 4.00. The van der Waals surface area contributed by atoms with E-state index in [2.05, 4.69) is 25.5 Å². The summed E-state index contributed by atoms with van der Waals surface area (Å²) in [5.74, 6) is 0.731. The molecule has 0 spiro atoms. The van der Waals surface area contributed by atoms with E-state index in [-0.39, 0.29) is 12.6 Å². The average Bonchev–Trinajstić information content (AvgIpc) is 2.83. The van der Waals surface area contributed by atoms with Gasteiger partial charge in [-0.1, -0.05) is 0 Å². The molecule has 2 heterocycles. The van der Waals surface area contributed by atoms with E-state index >= 15 is 0 Å². The summed E-state index contributed by atoms with van der Waals surface area (Å²) in [5, 5.41) is 8.15. The fraction of sp³-hybridized carbons (Fsp3) is 0.364. The Kier molecular flexibility index (Phi) is 4.06. The van der Waals surface area contributed by atoms with Crippen LogP contribution in [0.15, 0.2) is 18.3 Å². The van der Waals surface area contributed by atoms with Crippen molar-refractivity contribution in [2.24, 2.45) is 0 Å². The zero-order valence-electron chi connectivity index (χ0n) is 10.5. The lowest BCUT2D eigenvalue weighted by molar-refractivity contribution is -0.115. The van der Waals surface area contributed by atoms with E-state index < -0.39 is 12.7 Å². The molecule has 0 aliphatic heterocycles. The van der Waals surface area contributed by atoms with Crippen LogP contribution in [0.3, 0.4) is 0 Å². The summed E-state index contributed by atoms with van der Waals surface area (Å²) in [5.41, 5.74) is 0.857. The number of nitrogens with one attached hydrogen (secondary N) is 2. The molecule has 0 unspecified atom stereocenters. The molecule has 0 atom stereocenters. The molecule has 0 aliphatic carbocycles. The van der Waals surface area contributed by atoms with Crippen LogP contribution in [-0.4, -0.2) is 32.9 Å². The molecular weight excluding hydrogens is 275 g/mol. The predicted molar refractivity (Wildman–Crippen MR) is 64.2 cm³/mol. The summed E-state index contributed by atoms with van der Waals surface area (Å²) < 4.78 is 41.3. The Hall–Kier alpha value is -2.32. The quantitative estimate of drug-likeness (QED) is 0.880. The summed E-state index contributed by atoms with van der Waals surface area (Å²) in [4.78, 5) is 7.87. The highest BCUT2D eigenvalue weighted by Crippen LogP contribution is 2.15. The molecule has 108 valence electrons. The van der Waals surface area contributed by atoms with E-state index in [0.717, 1.165) is 5.69 Å². The van der Waals surface area contributed by atoms with Crippen LogP contribution in [0.4, 0.5) is 19.1 Å². The average molecular weight is 287 g/mol. The SMILES string of the molecule is Cc1ccc(OCc2nc(NCC(F)(F)F)n[nH]2)cn1. The maximum atomic E-state index is 12.0. The van der Waals surface area contributed by atoms with Crippen molar-refractivity contribution in [3.05, 3.63) is 29.8 Å². The number of anilines is 1. The van der Waals surface area contributed by atoms with Gasteiger partial charge in [0.1, 0.15) is 18.9 Å². The summed E-state index contributed by atoms with van der Waals surface area (Å²) in [6.45, 7) is 0.720. The van der Waals surface area contributed by atoms with Crippen molar-refractivity contribution in [3.8, 4) is 5.75 Å². The Balaban J connectivity index is 1.85. The maximum absolute atomic E-state index is 12.0. The standard InChI is InChI=1S/C11H12F3N5O/c1-7-2-3-8(4-15-7)20-5-9-17-10(19-18-9)16-6-11(12,13)14/h2-4H,5-6H2,1H3,(H2,16,17,18,19). The zero-order chi connectivity index (χ0) is 14.6. The number of aromatic amines is 1. The third-order valence-electron chi connectivity index (χ3n) is 2.24. The van der Waals surface area contributed by atoms with Gasteiger partial charge >= 0.3 is 6.18 Å². The molecule has 2 aromatic heterocycles. The Morgan fingerprint density at radius 3 is 2.80 bits per heavy atom. The van der Waals surface area contributed by atoms with Gasteiger partial charge in [0.15, 0.2) is 5.82 Å². The molecule has 0 amide bonds. The molecule has 0 aliphatic rings. The number of H-pyrrole nitrogens is 1. The van der Waals surface area contributed by atoms with Crippen LogP contribution < -0.4 is 10.1 Å². The lowest BCUT2D eigenvalue weighted by Crippen LogP contribution is -2.21. The van der Waals surface area contributed by atoms with Gasteiger partial charge in [0.25, 0.3) is 0 Å². The van der Waals surface area contributed by atoms with Crippen LogP contribution in [0, 0.1) is 6.92 Å². The smallest absolute Gasteiger partial charge is 0.405 e. The molecule has 0 fully saturated rings. The first-order valence-electron chi connectivity index (χ1n) is 5.70. The first kappa shape index (κ1) is 14.1. The van der Waals surface area contributed by atoms with Crippen LogP contribution >= 0.6 is 0 Å². The van der Waals surface area contributed by atoms with E-state index in [0.29, 0.717) is 11.6 Å². The van der Waals surface area contributed by atoms with Gasteiger partial charge < -0.3 is 10.1 Å². The molecule has 0 bridgehead atoms. The highest BCUT2D eigenvalue weighted by atomic mass is 19.4. The van der Waals surface area contributed by atoms with Crippen molar-refractivity contribution in [2.75, 3.05) is 11.9 Å². The largest absolute Gasteiger partial charge is 0.484 e. The molecule has 0 aromatic carbocycles. The van der Waals surface area contributed by atoms with Crippen LogP contribution in [-0.2, 0) is 6.61 Å². The lowest BCUT2D eigenvalue weighted by Gasteiger charge is -2.05. The molecule has 0 saturated heterocycles. The summed E-state index contributed by atoms with van der Waals surface area (Å²) in [7, 11) is 0. The zero-order valence-corrected chi connectivity index (χ0v) is 10.5. The van der Waals surface area contributed by atoms with Gasteiger partial charge in [0.05, 0.1) is 6.20 Å². The predicted octanol–water partition coefficient (Wildman–Crippen LogP) is 2.06. The summed E-state index contributed by atoms with van der Waals surface area (Å²) in [6.07, 6.45) is -2.76. The number of aromatic nitrogens is 4. The third kappa shape index (κ3) is 4.41. The second kappa shape index (κ2) is 5.76. The molecule has 2 aromatic rings. The van der Waals surface area contributed by atoms with Gasteiger partial charge in [-0.05, 0) is 19.1 Å². The van der Waals surface area contributed by atoms with E-state index in [4.69, 9.17) is 4.74 Å². The van der Waals surface area contributed by atoms with E-state index in [9.17, 15) is 13.2 Å². The molecule has 20 heavy (non-hydrogen) atoms. The van der Waals surface area contributed by atoms with Gasteiger partial charge in [0.2, 0.25) is 5.95 Å². The number of halogens is 3. The van der Waals surface area contributed by atoms with Crippen LogP contribution in [0.5, 0.6) is 5.75 Å². The van der Waals surface area contributed by atoms with E-state index in [1.165, 1.54) is 0 Å². The highest BCUT2D eigenvalue weighted by molar-refractivity contribution is 5.23. The lowest BCUT2D eigenvalue weighted by atomic mass is 10.4. The van der Waals surface area contributed by atoms with Crippen LogP contribution in [0.1, 0.15) is 11.5 Å². The Morgan fingerprint density at radius 2 is 2.15 bits per heavy atom. The van der Waals surface area contributed by atoms with E-state index in [1.54, 1.807) is 18.3 Å². The fourth-order valence-corrected chi connectivity index (χ4v) is 1.31. The van der Waals surface area contributed by atoms with Crippen molar-refractivity contribution >= 4 is 5.95 Å². The van der Waals surface area contributed by atoms with Crippen molar-refractivity contribution in [2.45, 2.75) is 19.7 Å². The van der Waals surface area contributed by atoms with Gasteiger partial charge in [0, 0.05) is 5.69 Å². The minimum atomic E-state index is -4.31. The summed E-state index contributed by atoms with van der Waals surface area (Å²) in [6, 6.07) is 3.52. The Labute approximate surface area is 112 Å². The van der Waals surface area contributed by atoms with Crippen molar-refractivity contribution < 1.29 is 17.9 Å². The third-order valence-corrected chi connectivity index (χ3v) is 2.24. The second-order valence-electron chi connectivity index (χ2n) is 4.00. The molecule has 0 saturated carbocycles. The minimum Gasteiger partial charge on any atom is -0.484 e. The van der Waals surface area contributed by atoms with Gasteiger partial charge in [-0.15, -0.1) is 5.10 Å². The number of aryl methyl sites for hydroxylation is 1. The monoisotopic (exact) mass is 287 g/mol. The fourth-order valence-electron chi connectivity index (χ4n) is 1.31. The van der Waals surface area contributed by atoms with Gasteiger partial charge in [-0.2, -0.15) is 18.2 Å². The Bertz CT molecular complexity index is 552. The van der Waals surface area contributed by atoms with Crippen LogP contribution in [0.2, 0.25) is 0 Å². The first-order chi connectivity index (χ1) is 9.42.